The van der Waals surface area contributed by atoms with Crippen LogP contribution in [0.2, 0.25) is 0 Å². The largest absolute Gasteiger partial charge is 0.304 e. The molecule has 174 valence electrons. The number of halogens is 2. The van der Waals surface area contributed by atoms with Crippen LogP contribution in [0.15, 0.2) is 84.5 Å². The van der Waals surface area contributed by atoms with Gasteiger partial charge in [0.15, 0.2) is 0 Å². The zero-order chi connectivity index (χ0) is 25.3. The summed E-state index contributed by atoms with van der Waals surface area (Å²) in [7, 11) is 0. The third-order valence-electron chi connectivity index (χ3n) is 4.69. The van der Waals surface area contributed by atoms with E-state index in [1.165, 1.54) is 41.3 Å². The Labute approximate surface area is 198 Å². The fourth-order valence-electron chi connectivity index (χ4n) is 2.98. The highest BCUT2D eigenvalue weighted by Gasteiger charge is 2.24. The van der Waals surface area contributed by atoms with Crippen LogP contribution in [0.25, 0.3) is 11.6 Å². The van der Waals surface area contributed by atoms with Gasteiger partial charge in [-0.15, -0.1) is 12.8 Å². The molecule has 0 saturated carbocycles. The fraction of sp³-hybridized carbons (Fsp3) is 0.233. The van der Waals surface area contributed by atoms with Gasteiger partial charge in [-0.05, 0) is 61.9 Å². The second-order valence-corrected chi connectivity index (χ2v) is 7.23. The van der Waals surface area contributed by atoms with E-state index < -0.39 is 5.92 Å². The predicted octanol–water partition coefficient (Wildman–Crippen LogP) is 8.27. The molecule has 2 aromatic carbocycles. The molecule has 0 spiro atoms. The molecule has 0 heterocycles. The Balaban J connectivity index is 0.00000189. The molecular weight excluding hydrogens is 414 g/mol. The number of benzene rings is 2. The van der Waals surface area contributed by atoms with Crippen LogP contribution in [0.1, 0.15) is 49.9 Å². The highest BCUT2D eigenvalue weighted by atomic mass is 19.3. The molecule has 1 nitrogen and oxygen atoms in total. The summed E-state index contributed by atoms with van der Waals surface area (Å²) < 4.78 is 26.6. The van der Waals surface area contributed by atoms with E-state index in [1.54, 1.807) is 19.1 Å². The van der Waals surface area contributed by atoms with Crippen molar-refractivity contribution in [1.29, 1.82) is 0 Å². The van der Waals surface area contributed by atoms with Crippen LogP contribution in [0, 0.1) is 19.8 Å². The molecule has 3 heteroatoms. The average Bonchev–Trinajstić information content (AvgIpc) is 2.79. The normalized spacial score (nSPS) is 12.0. The standard InChI is InChI=1S/C26H28F2.C2H4O.C2H2/c1-5-24(26(4,27)28)12-8-7-11-22-16-18-23(19-17-22)15-14-21(3)25-13-9-6-10-20(25)2;1-2-3;1-2/h5-14,16-19H,15H2,1-4H3;2H,1H3;1-2H/b11-7+,12-8-,21-14-,24-5+;;. The molecule has 0 unspecified atom stereocenters. The molecule has 0 fully saturated rings. The number of hydrogen-bond donors (Lipinski definition) is 0. The molecule has 0 aromatic heterocycles. The van der Waals surface area contributed by atoms with Crippen molar-refractivity contribution in [3.8, 4) is 12.8 Å². The van der Waals surface area contributed by atoms with Crippen LogP contribution < -0.4 is 0 Å². The molecule has 0 saturated heterocycles. The van der Waals surface area contributed by atoms with Crippen molar-refractivity contribution in [1.82, 2.24) is 0 Å². The van der Waals surface area contributed by atoms with Crippen LogP contribution in [0.4, 0.5) is 8.78 Å². The van der Waals surface area contributed by atoms with Gasteiger partial charge in [-0.3, -0.25) is 0 Å². The molecule has 0 radical (unpaired) electrons. The number of rotatable bonds is 7. The van der Waals surface area contributed by atoms with E-state index in [0.29, 0.717) is 0 Å². The van der Waals surface area contributed by atoms with Gasteiger partial charge in [-0.2, -0.15) is 0 Å². The Morgan fingerprint density at radius 2 is 1.58 bits per heavy atom. The van der Waals surface area contributed by atoms with Crippen molar-refractivity contribution in [2.75, 3.05) is 0 Å². The molecule has 0 atom stereocenters. The zero-order valence-corrected chi connectivity index (χ0v) is 20.2. The first kappa shape index (κ1) is 29.5. The Kier molecular flexibility index (Phi) is 14.4. The van der Waals surface area contributed by atoms with E-state index >= 15 is 0 Å². The first-order chi connectivity index (χ1) is 15.7. The van der Waals surface area contributed by atoms with Gasteiger partial charge in [0.2, 0.25) is 0 Å². The predicted molar refractivity (Wildman–Crippen MR) is 139 cm³/mol. The number of alkyl halides is 2. The van der Waals surface area contributed by atoms with Crippen LogP contribution in [0.5, 0.6) is 0 Å². The van der Waals surface area contributed by atoms with E-state index in [1.807, 2.05) is 18.2 Å². The van der Waals surface area contributed by atoms with Gasteiger partial charge in [0, 0.05) is 12.5 Å². The summed E-state index contributed by atoms with van der Waals surface area (Å²) in [5.41, 5.74) is 6.14. The smallest absolute Gasteiger partial charge is 0.270 e. The first-order valence-electron chi connectivity index (χ1n) is 10.7. The summed E-state index contributed by atoms with van der Waals surface area (Å²) in [4.78, 5) is 8.81. The number of allylic oxidation sites excluding steroid dienone is 7. The molecule has 2 rings (SSSR count). The van der Waals surface area contributed by atoms with E-state index in [0.717, 1.165) is 25.2 Å². The lowest BCUT2D eigenvalue weighted by Crippen LogP contribution is -2.11. The van der Waals surface area contributed by atoms with Crippen LogP contribution >= 0.6 is 0 Å². The van der Waals surface area contributed by atoms with Crippen LogP contribution in [0.3, 0.4) is 0 Å². The van der Waals surface area contributed by atoms with Gasteiger partial charge in [-0.1, -0.05) is 85.0 Å². The molecular formula is C30H34F2O. The van der Waals surface area contributed by atoms with Crippen molar-refractivity contribution in [2.45, 2.75) is 47.0 Å². The number of carbonyl (C=O) groups excluding carboxylic acids is 1. The van der Waals surface area contributed by atoms with Crippen molar-refractivity contribution in [3.05, 3.63) is 107 Å². The van der Waals surface area contributed by atoms with Crippen molar-refractivity contribution in [3.63, 3.8) is 0 Å². The molecule has 2 aromatic rings. The average molecular weight is 449 g/mol. The van der Waals surface area contributed by atoms with Gasteiger partial charge in [0.05, 0.1) is 0 Å². The summed E-state index contributed by atoms with van der Waals surface area (Å²) >= 11 is 0. The molecule has 0 amide bonds. The molecule has 0 aliphatic rings. The summed E-state index contributed by atoms with van der Waals surface area (Å²) in [5.74, 6) is -2.81. The maximum atomic E-state index is 13.3. The summed E-state index contributed by atoms with van der Waals surface area (Å²) in [5, 5.41) is 0. The maximum absolute atomic E-state index is 13.3. The van der Waals surface area contributed by atoms with Gasteiger partial charge < -0.3 is 4.79 Å². The van der Waals surface area contributed by atoms with Crippen molar-refractivity contribution >= 4 is 17.9 Å². The summed E-state index contributed by atoms with van der Waals surface area (Å²) in [6.45, 7) is 8.24. The monoisotopic (exact) mass is 448 g/mol. The van der Waals surface area contributed by atoms with Gasteiger partial charge in [-0.25, -0.2) is 8.78 Å². The van der Waals surface area contributed by atoms with Gasteiger partial charge in [0.1, 0.15) is 6.29 Å². The Morgan fingerprint density at radius 1 is 1.00 bits per heavy atom. The molecule has 0 aliphatic heterocycles. The number of carbonyl (C=O) groups is 1. The second kappa shape index (κ2) is 16.2. The highest BCUT2D eigenvalue weighted by Crippen LogP contribution is 2.24. The Morgan fingerprint density at radius 3 is 2.09 bits per heavy atom. The van der Waals surface area contributed by atoms with Crippen LogP contribution in [-0.4, -0.2) is 12.2 Å². The van der Waals surface area contributed by atoms with Crippen LogP contribution in [-0.2, 0) is 11.2 Å². The number of aldehydes is 1. The third kappa shape index (κ3) is 11.6. The lowest BCUT2D eigenvalue weighted by Gasteiger charge is -2.10. The van der Waals surface area contributed by atoms with E-state index in [-0.39, 0.29) is 5.57 Å². The Hall–Kier alpha value is -3.51. The number of hydrogen-bond acceptors (Lipinski definition) is 1. The van der Waals surface area contributed by atoms with E-state index in [4.69, 9.17) is 4.79 Å². The first-order valence-corrected chi connectivity index (χ1v) is 10.7. The van der Waals surface area contributed by atoms with Gasteiger partial charge in [0.25, 0.3) is 5.92 Å². The van der Waals surface area contributed by atoms with Crippen molar-refractivity contribution < 1.29 is 13.6 Å². The lowest BCUT2D eigenvalue weighted by molar-refractivity contribution is -0.106. The van der Waals surface area contributed by atoms with Gasteiger partial charge >= 0.3 is 0 Å². The molecule has 0 aliphatic carbocycles. The molecule has 33 heavy (non-hydrogen) atoms. The SMILES string of the molecule is C#C.CC=O.C\C=C(/C=C\C=C\c1ccc(C/C=C(/C)c2ccccc2C)cc1)C(C)(F)F. The van der Waals surface area contributed by atoms with E-state index in [2.05, 4.69) is 69.2 Å². The number of aryl methyl sites for hydroxylation is 1. The summed E-state index contributed by atoms with van der Waals surface area (Å²) in [6, 6.07) is 16.7. The lowest BCUT2D eigenvalue weighted by atomic mass is 9.99. The minimum absolute atomic E-state index is 0.0170. The Bertz CT molecular complexity index is 982. The zero-order valence-electron chi connectivity index (χ0n) is 20.2. The molecule has 0 bridgehead atoms. The fourth-order valence-corrected chi connectivity index (χ4v) is 2.98. The minimum atomic E-state index is -2.81. The third-order valence-corrected chi connectivity index (χ3v) is 4.69. The van der Waals surface area contributed by atoms with E-state index in [9.17, 15) is 8.78 Å². The maximum Gasteiger partial charge on any atom is 0.270 e. The van der Waals surface area contributed by atoms with Crippen molar-refractivity contribution in [2.24, 2.45) is 0 Å². The summed E-state index contributed by atoms with van der Waals surface area (Å²) in [6.07, 6.45) is 20.1. The minimum Gasteiger partial charge on any atom is -0.304 e. The topological polar surface area (TPSA) is 17.1 Å². The molecule has 0 N–H and O–H groups in total. The number of terminal acetylenes is 1. The second-order valence-electron chi connectivity index (χ2n) is 7.23. The highest BCUT2D eigenvalue weighted by molar-refractivity contribution is 5.66. The quantitative estimate of drug-likeness (QED) is 0.237.